The maximum Gasteiger partial charge on any atom is 0.322 e. The summed E-state index contributed by atoms with van der Waals surface area (Å²) in [6.45, 7) is 0.682. The van der Waals surface area contributed by atoms with Crippen molar-refractivity contribution in [2.75, 3.05) is 13.2 Å². The number of carbonyl (C=O) groups excluding carboxylic acids is 3. The number of rotatable bonds is 5. The summed E-state index contributed by atoms with van der Waals surface area (Å²) < 4.78 is 19.4. The number of fused-ring (bicyclic) bond motifs is 1. The number of hydrogen-bond acceptors (Lipinski definition) is 4. The Morgan fingerprint density at radius 2 is 1.91 bits per heavy atom. The van der Waals surface area contributed by atoms with Gasteiger partial charge >= 0.3 is 6.03 Å². The second-order valence-corrected chi connectivity index (χ2v) is 9.19. The minimum atomic E-state index is -1.23. The van der Waals surface area contributed by atoms with Crippen LogP contribution in [-0.4, -0.2) is 47.6 Å². The summed E-state index contributed by atoms with van der Waals surface area (Å²) in [6.07, 6.45) is 3.13. The molecule has 2 N–H and O–H groups in total. The summed E-state index contributed by atoms with van der Waals surface area (Å²) in [5, 5.41) is 5.10. The number of amides is 4. The molecule has 0 aromatic heterocycles. The third kappa shape index (κ3) is 3.92. The van der Waals surface area contributed by atoms with Gasteiger partial charge in [-0.25, -0.2) is 9.18 Å². The highest BCUT2D eigenvalue weighted by atomic mass is 19.1. The Labute approximate surface area is 186 Å². The van der Waals surface area contributed by atoms with Gasteiger partial charge in [-0.05, 0) is 62.1 Å². The average molecular weight is 439 g/mol. The van der Waals surface area contributed by atoms with E-state index in [2.05, 4.69) is 22.5 Å². The molecule has 0 spiro atoms. The Balaban J connectivity index is 1.31. The van der Waals surface area contributed by atoms with Gasteiger partial charge in [-0.2, -0.15) is 0 Å². The number of halogens is 1. The van der Waals surface area contributed by atoms with Crippen LogP contribution in [0.3, 0.4) is 0 Å². The molecule has 32 heavy (non-hydrogen) atoms. The molecule has 2 aliphatic heterocycles. The van der Waals surface area contributed by atoms with Crippen LogP contribution in [0.15, 0.2) is 18.2 Å². The molecule has 1 aromatic rings. The highest BCUT2D eigenvalue weighted by molar-refractivity contribution is 6.08. The summed E-state index contributed by atoms with van der Waals surface area (Å²) in [5.74, 6) is 6.36. The molecular weight excluding hydrogens is 413 g/mol. The SMILES string of the molecule is O=C1NC(=O)C(CN2Cc3ccc(OCC#CC4CC4)cc3C2=O)(C2CCC(F)CC2)N1. The number of carbonyl (C=O) groups is 3. The lowest BCUT2D eigenvalue weighted by Gasteiger charge is -2.40. The van der Waals surface area contributed by atoms with Gasteiger partial charge in [0.25, 0.3) is 11.8 Å². The van der Waals surface area contributed by atoms with Crippen LogP contribution in [0.5, 0.6) is 5.75 Å². The molecule has 8 heteroatoms. The second-order valence-electron chi connectivity index (χ2n) is 9.19. The van der Waals surface area contributed by atoms with E-state index in [4.69, 9.17) is 4.74 Å². The van der Waals surface area contributed by atoms with Gasteiger partial charge < -0.3 is 15.0 Å². The Morgan fingerprint density at radius 3 is 2.59 bits per heavy atom. The Morgan fingerprint density at radius 1 is 1.12 bits per heavy atom. The zero-order valence-corrected chi connectivity index (χ0v) is 17.8. The van der Waals surface area contributed by atoms with Crippen LogP contribution >= 0.6 is 0 Å². The smallest absolute Gasteiger partial charge is 0.322 e. The molecule has 4 aliphatic rings. The summed E-state index contributed by atoms with van der Waals surface area (Å²) >= 11 is 0. The zero-order chi connectivity index (χ0) is 22.3. The predicted octanol–water partition coefficient (Wildman–Crippen LogP) is 2.54. The Hall–Kier alpha value is -3.08. The molecule has 5 rings (SSSR count). The molecule has 0 bridgehead atoms. The summed E-state index contributed by atoms with van der Waals surface area (Å²) in [7, 11) is 0. The summed E-state index contributed by atoms with van der Waals surface area (Å²) in [6, 6.07) is 4.82. The first kappa shape index (κ1) is 20.8. The molecule has 2 saturated carbocycles. The molecule has 1 atom stereocenters. The van der Waals surface area contributed by atoms with Crippen LogP contribution < -0.4 is 15.4 Å². The van der Waals surface area contributed by atoms with Crippen molar-refractivity contribution in [3.05, 3.63) is 29.3 Å². The predicted molar refractivity (Wildman–Crippen MR) is 113 cm³/mol. The summed E-state index contributed by atoms with van der Waals surface area (Å²) in [4.78, 5) is 39.6. The van der Waals surface area contributed by atoms with E-state index in [0.717, 1.165) is 18.4 Å². The first-order valence-electron chi connectivity index (χ1n) is 11.3. The van der Waals surface area contributed by atoms with Crippen molar-refractivity contribution in [3.63, 3.8) is 0 Å². The van der Waals surface area contributed by atoms with Gasteiger partial charge in [-0.15, -0.1) is 0 Å². The number of nitrogens with one attached hydrogen (secondary N) is 2. The lowest BCUT2D eigenvalue weighted by molar-refractivity contribution is -0.127. The highest BCUT2D eigenvalue weighted by Gasteiger charge is 2.54. The number of nitrogens with zero attached hydrogens (tertiary/aromatic N) is 1. The van der Waals surface area contributed by atoms with E-state index in [-0.39, 0.29) is 25.0 Å². The third-order valence-corrected chi connectivity index (χ3v) is 6.92. The highest BCUT2D eigenvalue weighted by Crippen LogP contribution is 2.38. The molecule has 1 aromatic carbocycles. The monoisotopic (exact) mass is 439 g/mol. The fourth-order valence-electron chi connectivity index (χ4n) is 4.97. The maximum atomic E-state index is 13.7. The first-order valence-corrected chi connectivity index (χ1v) is 11.3. The molecule has 7 nitrogen and oxygen atoms in total. The van der Waals surface area contributed by atoms with Crippen LogP contribution in [0.4, 0.5) is 9.18 Å². The molecule has 2 heterocycles. The molecule has 2 aliphatic carbocycles. The first-order chi connectivity index (χ1) is 15.4. The number of alkyl halides is 1. The largest absolute Gasteiger partial charge is 0.481 e. The third-order valence-electron chi connectivity index (χ3n) is 6.92. The topological polar surface area (TPSA) is 87.7 Å². The molecule has 0 radical (unpaired) electrons. The normalized spacial score (nSPS) is 29.2. The molecular formula is C24H26FN3O4. The zero-order valence-electron chi connectivity index (χ0n) is 17.8. The van der Waals surface area contributed by atoms with E-state index in [0.29, 0.717) is 49.5 Å². The van der Waals surface area contributed by atoms with Gasteiger partial charge in [-0.3, -0.25) is 14.9 Å². The van der Waals surface area contributed by atoms with E-state index in [1.54, 1.807) is 11.0 Å². The van der Waals surface area contributed by atoms with Crippen molar-refractivity contribution < 1.29 is 23.5 Å². The Kier molecular flexibility index (Phi) is 5.28. The average Bonchev–Trinajstić information content (AvgIpc) is 3.49. The standard InChI is InChI=1S/C24H26FN3O4/c25-18-8-6-17(7-9-18)24(22(30)26-23(31)27-24)14-28-13-16-5-10-19(12-20(16)21(28)29)32-11-1-2-15-3-4-15/h5,10,12,15,17-18H,3-4,6-9,11,13-14H2,(H2,26,27,30,31). The summed E-state index contributed by atoms with van der Waals surface area (Å²) in [5.41, 5.74) is 0.149. The minimum absolute atomic E-state index is 0.0583. The van der Waals surface area contributed by atoms with Gasteiger partial charge in [0.2, 0.25) is 0 Å². The molecule has 168 valence electrons. The van der Waals surface area contributed by atoms with Crippen molar-refractivity contribution in [1.82, 2.24) is 15.5 Å². The molecule has 1 unspecified atom stereocenters. The van der Waals surface area contributed by atoms with E-state index in [1.165, 1.54) is 0 Å². The van der Waals surface area contributed by atoms with Gasteiger partial charge in [0, 0.05) is 18.0 Å². The van der Waals surface area contributed by atoms with Crippen molar-refractivity contribution in [2.45, 2.75) is 56.8 Å². The fourth-order valence-corrected chi connectivity index (χ4v) is 4.97. The quantitative estimate of drug-likeness (QED) is 0.545. The molecule has 4 amide bonds. The second kappa shape index (κ2) is 8.12. The lowest BCUT2D eigenvalue weighted by Crippen LogP contribution is -2.60. The van der Waals surface area contributed by atoms with E-state index in [9.17, 15) is 18.8 Å². The van der Waals surface area contributed by atoms with Crippen molar-refractivity contribution in [3.8, 4) is 17.6 Å². The minimum Gasteiger partial charge on any atom is -0.481 e. The Bertz CT molecular complexity index is 1020. The van der Waals surface area contributed by atoms with Crippen LogP contribution in [-0.2, 0) is 11.3 Å². The van der Waals surface area contributed by atoms with Crippen LogP contribution in [0, 0.1) is 23.7 Å². The van der Waals surface area contributed by atoms with Gasteiger partial charge in [-0.1, -0.05) is 17.9 Å². The maximum absolute atomic E-state index is 13.7. The molecule has 3 fully saturated rings. The van der Waals surface area contributed by atoms with Crippen molar-refractivity contribution >= 4 is 17.8 Å². The van der Waals surface area contributed by atoms with Crippen molar-refractivity contribution in [2.24, 2.45) is 11.8 Å². The fraction of sp³-hybridized carbons (Fsp3) is 0.542. The van der Waals surface area contributed by atoms with Gasteiger partial charge in [0.1, 0.15) is 24.1 Å². The van der Waals surface area contributed by atoms with Gasteiger partial charge in [0.15, 0.2) is 0 Å². The van der Waals surface area contributed by atoms with Crippen LogP contribution in [0.2, 0.25) is 0 Å². The van der Waals surface area contributed by atoms with E-state index >= 15 is 0 Å². The van der Waals surface area contributed by atoms with E-state index in [1.807, 2.05) is 12.1 Å². The van der Waals surface area contributed by atoms with E-state index < -0.39 is 23.6 Å². The number of urea groups is 1. The van der Waals surface area contributed by atoms with Gasteiger partial charge in [0.05, 0.1) is 6.54 Å². The van der Waals surface area contributed by atoms with Crippen LogP contribution in [0.25, 0.3) is 0 Å². The number of benzene rings is 1. The van der Waals surface area contributed by atoms with Crippen molar-refractivity contribution in [1.29, 1.82) is 0 Å². The number of hydrogen-bond donors (Lipinski definition) is 2. The number of ether oxygens (including phenoxy) is 1. The molecule has 1 saturated heterocycles. The number of imide groups is 1. The van der Waals surface area contributed by atoms with Crippen LogP contribution in [0.1, 0.15) is 54.4 Å². The lowest BCUT2D eigenvalue weighted by atomic mass is 9.73.